The summed E-state index contributed by atoms with van der Waals surface area (Å²) in [4.78, 5) is 37.1. The fraction of sp³-hybridized carbons (Fsp3) is 0.667. The first kappa shape index (κ1) is 32.6. The van der Waals surface area contributed by atoms with Crippen LogP contribution in [-0.2, 0) is 29.2 Å². The number of hydrogen-bond acceptors (Lipinski definition) is 7. The first-order chi connectivity index (χ1) is 17.6. The Balaban J connectivity index is 2.60. The van der Waals surface area contributed by atoms with Gasteiger partial charge in [-0.15, -0.1) is 0 Å². The Bertz CT molecular complexity index is 947. The predicted octanol–water partition coefficient (Wildman–Crippen LogP) is 5.37. The summed E-state index contributed by atoms with van der Waals surface area (Å²) in [5.41, 5.74) is 0. The van der Waals surface area contributed by atoms with Gasteiger partial charge in [0.15, 0.2) is 5.75 Å². The van der Waals surface area contributed by atoms with E-state index in [2.05, 4.69) is 12.2 Å². The Hall–Kier alpha value is -2.46. The van der Waals surface area contributed by atoms with Crippen molar-refractivity contribution in [2.45, 2.75) is 121 Å². The minimum Gasteiger partial charge on any atom is -0.461 e. The van der Waals surface area contributed by atoms with Gasteiger partial charge < -0.3 is 14.8 Å². The third-order valence-corrected chi connectivity index (χ3v) is 6.88. The zero-order chi connectivity index (χ0) is 27.7. The molecule has 2 atom stereocenters. The second-order valence-corrected chi connectivity index (χ2v) is 10.6. The largest absolute Gasteiger partial charge is 0.461 e. The van der Waals surface area contributed by atoms with Crippen LogP contribution in [0.25, 0.3) is 0 Å². The Morgan fingerprint density at radius 3 is 2.19 bits per heavy atom. The molecule has 0 saturated heterocycles. The molecule has 1 aromatic carbocycles. The number of carbonyl (C=O) groups is 3. The molecule has 1 amide bonds. The van der Waals surface area contributed by atoms with E-state index in [9.17, 15) is 27.4 Å². The molecule has 0 saturated carbocycles. The molecular formula is C27H43NO8S. The van der Waals surface area contributed by atoms with Crippen molar-refractivity contribution in [3.63, 3.8) is 0 Å². The lowest BCUT2D eigenvalue weighted by molar-refractivity contribution is -0.154. The Morgan fingerprint density at radius 1 is 0.892 bits per heavy atom. The summed E-state index contributed by atoms with van der Waals surface area (Å²) in [6, 6.07) is 4.53. The van der Waals surface area contributed by atoms with Crippen LogP contribution in [0.1, 0.15) is 104 Å². The van der Waals surface area contributed by atoms with E-state index in [4.69, 9.17) is 9.47 Å². The molecule has 0 radical (unpaired) electrons. The molecule has 2 unspecified atom stereocenters. The van der Waals surface area contributed by atoms with Gasteiger partial charge >= 0.3 is 11.9 Å². The van der Waals surface area contributed by atoms with Crippen LogP contribution < -0.4 is 10.1 Å². The minimum atomic E-state index is -4.55. The van der Waals surface area contributed by atoms with Crippen molar-refractivity contribution in [3.05, 3.63) is 24.3 Å². The summed E-state index contributed by atoms with van der Waals surface area (Å²) in [7, 11) is -4.55. The molecule has 210 valence electrons. The number of carbonyl (C=O) groups excluding carboxylic acids is 3. The maximum Gasteiger partial charge on any atom is 0.328 e. The maximum atomic E-state index is 12.8. The third-order valence-electron chi connectivity index (χ3n) is 5.98. The predicted molar refractivity (Wildman–Crippen MR) is 141 cm³/mol. The third kappa shape index (κ3) is 13.6. The van der Waals surface area contributed by atoms with Crippen LogP contribution in [0, 0.1) is 0 Å². The van der Waals surface area contributed by atoms with Crippen molar-refractivity contribution in [2.24, 2.45) is 0 Å². The summed E-state index contributed by atoms with van der Waals surface area (Å²) in [6.45, 7) is 5.97. The first-order valence-electron chi connectivity index (χ1n) is 13.4. The average molecular weight is 542 g/mol. The number of amides is 1. The Kier molecular flexibility index (Phi) is 15.8. The molecule has 0 fully saturated rings. The van der Waals surface area contributed by atoms with E-state index in [-0.39, 0.29) is 24.5 Å². The highest BCUT2D eigenvalue weighted by Crippen LogP contribution is 2.24. The molecule has 1 aromatic rings. The van der Waals surface area contributed by atoms with Gasteiger partial charge in [0.1, 0.15) is 17.0 Å². The first-order valence-corrected chi connectivity index (χ1v) is 14.8. The van der Waals surface area contributed by atoms with E-state index in [0.717, 1.165) is 38.2 Å². The quantitative estimate of drug-likeness (QED) is 0.103. The molecule has 37 heavy (non-hydrogen) atoms. The lowest BCUT2D eigenvalue weighted by atomic mass is 10.1. The number of esters is 2. The van der Waals surface area contributed by atoms with E-state index in [1.807, 2.05) is 13.8 Å². The molecule has 0 bridgehead atoms. The van der Waals surface area contributed by atoms with Gasteiger partial charge in [-0.05, 0) is 37.8 Å². The summed E-state index contributed by atoms with van der Waals surface area (Å²) >= 11 is 0. The summed E-state index contributed by atoms with van der Waals surface area (Å²) in [6.07, 6.45) is 8.80. The van der Waals surface area contributed by atoms with Gasteiger partial charge in [0, 0.05) is 12.8 Å². The molecule has 0 heterocycles. The highest BCUT2D eigenvalue weighted by atomic mass is 32.2. The number of rotatable bonds is 19. The lowest BCUT2D eigenvalue weighted by Crippen LogP contribution is -2.43. The molecule has 10 heteroatoms. The normalized spacial score (nSPS) is 13.0. The van der Waals surface area contributed by atoms with Gasteiger partial charge in [-0.25, -0.2) is 4.79 Å². The average Bonchev–Trinajstić information content (AvgIpc) is 2.85. The van der Waals surface area contributed by atoms with Crippen molar-refractivity contribution < 1.29 is 36.8 Å². The van der Waals surface area contributed by atoms with Gasteiger partial charge in [0.2, 0.25) is 5.91 Å². The number of benzene rings is 1. The monoisotopic (exact) mass is 541 g/mol. The van der Waals surface area contributed by atoms with Crippen molar-refractivity contribution in [1.82, 2.24) is 5.32 Å². The van der Waals surface area contributed by atoms with Crippen molar-refractivity contribution in [3.8, 4) is 5.75 Å². The van der Waals surface area contributed by atoms with Crippen LogP contribution in [0.4, 0.5) is 0 Å². The Morgan fingerprint density at radius 2 is 1.54 bits per heavy atom. The van der Waals surface area contributed by atoms with Crippen LogP contribution in [0.2, 0.25) is 0 Å². The topological polar surface area (TPSA) is 136 Å². The van der Waals surface area contributed by atoms with Crippen LogP contribution in [0.3, 0.4) is 0 Å². The molecule has 0 aromatic heterocycles. The summed E-state index contributed by atoms with van der Waals surface area (Å²) in [5, 5.41) is 2.82. The number of nitrogens with one attached hydrogen (secondary N) is 1. The van der Waals surface area contributed by atoms with Crippen LogP contribution in [0.15, 0.2) is 29.2 Å². The second kappa shape index (κ2) is 17.9. The van der Waals surface area contributed by atoms with E-state index >= 15 is 0 Å². The zero-order valence-electron chi connectivity index (χ0n) is 22.4. The van der Waals surface area contributed by atoms with Gasteiger partial charge in [-0.1, -0.05) is 77.8 Å². The van der Waals surface area contributed by atoms with Crippen LogP contribution in [-0.4, -0.2) is 43.0 Å². The van der Waals surface area contributed by atoms with Crippen molar-refractivity contribution in [2.75, 3.05) is 0 Å². The molecule has 2 N–H and O–H groups in total. The fourth-order valence-electron chi connectivity index (χ4n) is 3.78. The zero-order valence-corrected chi connectivity index (χ0v) is 23.2. The number of hydrogen-bond donors (Lipinski definition) is 2. The Labute approximate surface area is 221 Å². The molecule has 9 nitrogen and oxygen atoms in total. The molecule has 0 aliphatic carbocycles. The molecule has 1 rings (SSSR count). The van der Waals surface area contributed by atoms with Gasteiger partial charge in [-0.2, -0.15) is 8.42 Å². The molecule has 0 spiro atoms. The molecular weight excluding hydrogens is 498 g/mol. The number of para-hydroxylation sites is 1. The van der Waals surface area contributed by atoms with Gasteiger partial charge in [0.25, 0.3) is 10.1 Å². The SMILES string of the molecule is CCCCCCCCC(=O)NC(CCCC)C(=O)OC(CC)CCC(=O)Oc1ccccc1S(=O)(=O)O. The van der Waals surface area contributed by atoms with E-state index < -0.39 is 39.1 Å². The summed E-state index contributed by atoms with van der Waals surface area (Å²) in [5.74, 6) is -1.68. The number of unbranched alkanes of at least 4 members (excludes halogenated alkanes) is 6. The highest BCUT2D eigenvalue weighted by molar-refractivity contribution is 7.86. The lowest BCUT2D eigenvalue weighted by Gasteiger charge is -2.22. The van der Waals surface area contributed by atoms with E-state index in [1.165, 1.54) is 37.5 Å². The molecule has 0 aliphatic rings. The molecule has 0 aliphatic heterocycles. The van der Waals surface area contributed by atoms with Gasteiger partial charge in [-0.3, -0.25) is 14.1 Å². The number of ether oxygens (including phenoxy) is 2. The fourth-order valence-corrected chi connectivity index (χ4v) is 4.40. The van der Waals surface area contributed by atoms with Crippen molar-refractivity contribution >= 4 is 28.0 Å². The second-order valence-electron chi connectivity index (χ2n) is 9.18. The van der Waals surface area contributed by atoms with Crippen LogP contribution >= 0.6 is 0 Å². The minimum absolute atomic E-state index is 0.129. The standard InChI is InChI=1S/C27H43NO8S/c1-4-7-9-10-11-12-18-25(29)28-22(15-8-5-2)27(31)35-21(6-3)19-20-26(30)36-23-16-13-14-17-24(23)37(32,33)34/h13-14,16-17,21-22H,4-12,15,18-20H2,1-3H3,(H,28,29)(H,32,33,34). The van der Waals surface area contributed by atoms with E-state index in [0.29, 0.717) is 19.3 Å². The summed E-state index contributed by atoms with van der Waals surface area (Å²) < 4.78 is 43.0. The van der Waals surface area contributed by atoms with Crippen molar-refractivity contribution in [1.29, 1.82) is 0 Å². The highest BCUT2D eigenvalue weighted by Gasteiger charge is 2.25. The maximum absolute atomic E-state index is 12.8. The van der Waals surface area contributed by atoms with E-state index in [1.54, 1.807) is 0 Å². The van der Waals surface area contributed by atoms with Crippen LogP contribution in [0.5, 0.6) is 5.75 Å². The smallest absolute Gasteiger partial charge is 0.328 e. The van der Waals surface area contributed by atoms with Gasteiger partial charge in [0.05, 0.1) is 0 Å².